The Kier molecular flexibility index (Phi) is 18.8. The van der Waals surface area contributed by atoms with Crippen LogP contribution in [0.5, 0.6) is 23.0 Å². The summed E-state index contributed by atoms with van der Waals surface area (Å²) in [5.41, 5.74) is 2.15. The van der Waals surface area contributed by atoms with Gasteiger partial charge in [-0.05, 0) is 78.0 Å². The lowest BCUT2D eigenvalue weighted by Gasteiger charge is -2.39. The summed E-state index contributed by atoms with van der Waals surface area (Å²) in [6, 6.07) is 16.5. The summed E-state index contributed by atoms with van der Waals surface area (Å²) < 4.78 is 70.7. The predicted octanol–water partition coefficient (Wildman–Crippen LogP) is 4.02. The number of aliphatic hydroxyl groups is 4. The van der Waals surface area contributed by atoms with Crippen LogP contribution < -0.4 is 22.7 Å². The number of ether oxygens (including phenoxy) is 5. The first-order valence-electron chi connectivity index (χ1n) is 27.3. The molecule has 0 radical (unpaired) electrons. The standard InChI is InChI=1S/C58H67ClN8O18S/c1-32(62-76)33-8-12-40-35(20-33)21-41(60-40)55(75)66-26-36(25-59)50-39-23-37(79-7)10-11-38(39)44(24-42(50)66)84-86(77,78)85-45-22-34(9-13-43(45)82-56-53(73)52(72)51(71)46(28-68)83-56)54(74)64(6)16-18-80-19-17-65-27-47(61-63-65)58(4,5)31-81-30-57(2,3)29-67-48(69)14-15-49(67)70/h8-15,20-24,27,36,46,51-53,56,60,68,71-73,76H,16-19,25-26,28-31H2,1-7H3/b62-32+/t36-,46-,51+,52+,53-,56-/m1/s1. The van der Waals surface area contributed by atoms with Gasteiger partial charge in [-0.2, -0.15) is 0 Å². The van der Waals surface area contributed by atoms with E-state index in [4.69, 9.17) is 43.7 Å². The van der Waals surface area contributed by atoms with Crippen LogP contribution in [0.3, 0.4) is 0 Å². The van der Waals surface area contributed by atoms with E-state index in [1.54, 1.807) is 60.3 Å². The number of carbonyl (C=O) groups excluding carboxylic acids is 4. The van der Waals surface area contributed by atoms with Crippen LogP contribution in [0.15, 0.2) is 90.2 Å². The number of amides is 4. The number of rotatable bonds is 25. The number of anilines is 1. The first-order chi connectivity index (χ1) is 40.8. The van der Waals surface area contributed by atoms with Crippen LogP contribution in [0, 0.1) is 5.41 Å². The number of likely N-dealkylation sites (N-methyl/N-ethyl adjacent to an activating group) is 1. The predicted molar refractivity (Wildman–Crippen MR) is 310 cm³/mol. The van der Waals surface area contributed by atoms with Crippen molar-refractivity contribution < 1.29 is 85.3 Å². The van der Waals surface area contributed by atoms with Crippen LogP contribution in [0.1, 0.15) is 78.2 Å². The molecule has 26 nitrogen and oxygen atoms in total. The van der Waals surface area contributed by atoms with Gasteiger partial charge in [-0.1, -0.05) is 44.1 Å². The molecular weight excluding hydrogens is 1160 g/mol. The quantitative estimate of drug-likeness (QED) is 0.0118. The third-order valence-electron chi connectivity index (χ3n) is 15.0. The van der Waals surface area contributed by atoms with Crippen molar-refractivity contribution in [2.24, 2.45) is 10.6 Å². The average molecular weight is 1230 g/mol. The number of halogens is 1. The van der Waals surface area contributed by atoms with Gasteiger partial charge in [0.05, 0.1) is 63.8 Å². The molecule has 4 amide bonds. The van der Waals surface area contributed by atoms with Gasteiger partial charge in [-0.25, -0.2) is 4.68 Å². The maximum absolute atomic E-state index is 14.5. The molecule has 0 unspecified atom stereocenters. The normalized spacial score (nSPS) is 20.1. The molecule has 6 aromatic rings. The third-order valence-corrected chi connectivity index (χ3v) is 16.1. The minimum Gasteiger partial charge on any atom is -0.497 e. The molecule has 0 saturated carbocycles. The molecule has 6 N–H and O–H groups in total. The second-order valence-electron chi connectivity index (χ2n) is 22.6. The van der Waals surface area contributed by atoms with Crippen LogP contribution in [-0.4, -0.2) is 197 Å². The number of aliphatic hydroxyl groups excluding tert-OH is 4. The number of nitrogens with zero attached hydrogens (tertiary/aromatic N) is 7. The average Bonchev–Trinajstić information content (AvgIpc) is 2.01. The summed E-state index contributed by atoms with van der Waals surface area (Å²) in [5, 5.41) is 64.4. The van der Waals surface area contributed by atoms with E-state index < -0.39 is 87.8 Å². The Morgan fingerprint density at radius 2 is 1.62 bits per heavy atom. The molecule has 2 aromatic heterocycles. The number of H-pyrrole nitrogens is 1. The van der Waals surface area contributed by atoms with Crippen molar-refractivity contribution in [1.82, 2.24) is 29.8 Å². The van der Waals surface area contributed by atoms with E-state index in [1.807, 2.05) is 27.7 Å². The molecule has 4 aromatic carbocycles. The zero-order valence-corrected chi connectivity index (χ0v) is 49.7. The second-order valence-corrected chi connectivity index (χ2v) is 24.0. The lowest BCUT2D eigenvalue weighted by Crippen LogP contribution is -2.60. The maximum atomic E-state index is 14.5. The Labute approximate surface area is 499 Å². The van der Waals surface area contributed by atoms with Gasteiger partial charge >= 0.3 is 10.4 Å². The van der Waals surface area contributed by atoms with Crippen molar-refractivity contribution in [3.63, 3.8) is 0 Å². The highest BCUT2D eigenvalue weighted by Crippen LogP contribution is 2.48. The van der Waals surface area contributed by atoms with Crippen LogP contribution in [0.4, 0.5) is 5.69 Å². The zero-order valence-electron chi connectivity index (χ0n) is 48.1. The summed E-state index contributed by atoms with van der Waals surface area (Å²) in [5.74, 6) is -3.20. The number of nitrogens with one attached hydrogen (secondary N) is 1. The molecule has 9 rings (SSSR count). The third kappa shape index (κ3) is 13.6. The Bertz CT molecular complexity index is 3700. The molecule has 3 aliphatic heterocycles. The summed E-state index contributed by atoms with van der Waals surface area (Å²) >= 11 is 6.59. The highest BCUT2D eigenvalue weighted by atomic mass is 35.5. The van der Waals surface area contributed by atoms with Crippen LogP contribution in [-0.2, 0) is 46.2 Å². The number of hydrogen-bond acceptors (Lipinski definition) is 21. The van der Waals surface area contributed by atoms with Gasteiger partial charge in [0.25, 0.3) is 23.6 Å². The van der Waals surface area contributed by atoms with Gasteiger partial charge in [-0.15, -0.1) is 25.1 Å². The Hall–Kier alpha value is -7.73. The summed E-state index contributed by atoms with van der Waals surface area (Å²) in [6.45, 7) is 10.00. The van der Waals surface area contributed by atoms with E-state index in [-0.39, 0.29) is 91.8 Å². The van der Waals surface area contributed by atoms with Crippen molar-refractivity contribution >= 4 is 78.7 Å². The minimum atomic E-state index is -5.29. The lowest BCUT2D eigenvalue weighted by atomic mass is 9.90. The van der Waals surface area contributed by atoms with E-state index in [9.17, 15) is 53.2 Å². The molecule has 1 saturated heterocycles. The highest BCUT2D eigenvalue weighted by Gasteiger charge is 2.45. The number of aromatic amines is 1. The van der Waals surface area contributed by atoms with Crippen molar-refractivity contribution in [3.05, 3.63) is 113 Å². The van der Waals surface area contributed by atoms with Gasteiger partial charge in [0.15, 0.2) is 17.2 Å². The van der Waals surface area contributed by atoms with E-state index in [1.165, 1.54) is 53.1 Å². The van der Waals surface area contributed by atoms with Crippen molar-refractivity contribution in [1.29, 1.82) is 0 Å². The largest absolute Gasteiger partial charge is 0.501 e. The molecule has 86 heavy (non-hydrogen) atoms. The van der Waals surface area contributed by atoms with Crippen molar-refractivity contribution in [3.8, 4) is 23.0 Å². The molecule has 0 aliphatic carbocycles. The Morgan fingerprint density at radius 1 is 0.884 bits per heavy atom. The SMILES string of the molecule is COc1ccc2c(OS(=O)(=O)Oc3cc(C(=O)N(C)CCOCCn4cc(C(C)(C)COCC(C)(C)CN5C(=O)C=CC5=O)nn4)ccc3O[C@@H]3O[C@H](CO)[C@H](O)[C@H](O)[C@H]3O)cc3c(c2c1)[C@H](CCl)CN3C(=O)c1cc2cc(/C(C)=N/O)ccc2[nH]1. The molecule has 0 bridgehead atoms. The first kappa shape index (κ1) is 62.8. The fourth-order valence-electron chi connectivity index (χ4n) is 10.2. The number of imide groups is 1. The molecule has 5 heterocycles. The van der Waals surface area contributed by atoms with Crippen LogP contribution in [0.25, 0.3) is 21.7 Å². The minimum absolute atomic E-state index is 0.0562. The van der Waals surface area contributed by atoms with Gasteiger partial charge < -0.3 is 72.5 Å². The van der Waals surface area contributed by atoms with Gasteiger partial charge in [-0.3, -0.25) is 24.1 Å². The van der Waals surface area contributed by atoms with E-state index in [2.05, 4.69) is 20.5 Å². The number of fused-ring (bicyclic) bond motifs is 4. The number of oxime groups is 1. The van der Waals surface area contributed by atoms with Crippen molar-refractivity contribution in [2.45, 2.75) is 83.2 Å². The van der Waals surface area contributed by atoms with Crippen LogP contribution >= 0.6 is 11.6 Å². The second kappa shape index (κ2) is 25.7. The number of benzene rings is 4. The fourth-order valence-corrected chi connectivity index (χ4v) is 11.2. The topological polar surface area (TPSA) is 337 Å². The van der Waals surface area contributed by atoms with Gasteiger partial charge in [0, 0.05) is 95.6 Å². The van der Waals surface area contributed by atoms with Gasteiger partial charge in [0.2, 0.25) is 6.29 Å². The summed E-state index contributed by atoms with van der Waals surface area (Å²) in [6.07, 6.45) is -4.51. The number of aromatic nitrogens is 4. The van der Waals surface area contributed by atoms with Crippen molar-refractivity contribution in [2.75, 3.05) is 77.6 Å². The first-order valence-corrected chi connectivity index (χ1v) is 29.2. The van der Waals surface area contributed by atoms with E-state index in [0.717, 1.165) is 12.1 Å². The molecule has 28 heteroatoms. The smallest absolute Gasteiger partial charge is 0.497 e. The molecule has 3 aliphatic rings. The van der Waals surface area contributed by atoms with Crippen LogP contribution in [0.2, 0.25) is 0 Å². The number of carbonyl (C=O) groups is 4. The summed E-state index contributed by atoms with van der Waals surface area (Å²) in [4.78, 5) is 59.8. The number of hydrogen-bond donors (Lipinski definition) is 6. The molecule has 460 valence electrons. The number of methoxy groups -OCH3 is 1. The lowest BCUT2D eigenvalue weighted by molar-refractivity contribution is -0.277. The zero-order chi connectivity index (χ0) is 62.0. The molecule has 1 fully saturated rings. The Balaban J connectivity index is 0.905. The fraction of sp³-hybridized carbons (Fsp3) is 0.431. The number of alkyl halides is 1. The summed E-state index contributed by atoms with van der Waals surface area (Å²) in [7, 11) is -2.34. The van der Waals surface area contributed by atoms with E-state index >= 15 is 0 Å². The Morgan fingerprint density at radius 3 is 2.33 bits per heavy atom. The monoisotopic (exact) mass is 1230 g/mol. The maximum Gasteiger partial charge on any atom is 0.501 e. The van der Waals surface area contributed by atoms with E-state index in [0.29, 0.717) is 51.1 Å². The molecular formula is C58H67ClN8O18S. The molecule has 0 spiro atoms. The molecule has 6 atom stereocenters. The van der Waals surface area contributed by atoms with Gasteiger partial charge in [0.1, 0.15) is 35.9 Å². The highest BCUT2D eigenvalue weighted by molar-refractivity contribution is 7.82.